The highest BCUT2D eigenvalue weighted by atomic mass is 32.1. The molecule has 0 radical (unpaired) electrons. The number of rotatable bonds is 7. The lowest BCUT2D eigenvalue weighted by molar-refractivity contribution is 0.102. The summed E-state index contributed by atoms with van der Waals surface area (Å²) >= 11 is 2.65. The van der Waals surface area contributed by atoms with Crippen LogP contribution in [0.15, 0.2) is 89.7 Å². The molecule has 0 spiro atoms. The van der Waals surface area contributed by atoms with Gasteiger partial charge >= 0.3 is 0 Å². The Morgan fingerprint density at radius 2 is 1.82 bits per heavy atom. The molecular weight excluding hydrogens is 607 g/mol. The number of benzene rings is 2. The summed E-state index contributed by atoms with van der Waals surface area (Å²) in [6, 6.07) is 14.3. The van der Waals surface area contributed by atoms with Crippen LogP contribution in [0.4, 0.5) is 14.5 Å². The topological polar surface area (TPSA) is 104 Å². The molecule has 0 aliphatic rings. The minimum Gasteiger partial charge on any atom is -0.453 e. The molecule has 0 aliphatic carbocycles. The van der Waals surface area contributed by atoms with E-state index >= 15 is 4.39 Å². The van der Waals surface area contributed by atoms with Gasteiger partial charge < -0.3 is 14.6 Å². The van der Waals surface area contributed by atoms with Gasteiger partial charge in [0, 0.05) is 36.8 Å². The van der Waals surface area contributed by atoms with Crippen molar-refractivity contribution in [1.29, 1.82) is 0 Å². The van der Waals surface area contributed by atoms with E-state index in [-0.39, 0.29) is 17.0 Å². The van der Waals surface area contributed by atoms with Crippen molar-refractivity contribution in [3.05, 3.63) is 112 Å². The van der Waals surface area contributed by atoms with Gasteiger partial charge in [-0.2, -0.15) is 0 Å². The highest BCUT2D eigenvalue weighted by Crippen LogP contribution is 2.39. The molecule has 0 saturated carbocycles. The monoisotopic (exact) mass is 626 g/mol. The standard InChI is InChI=1S/C31H20F2N6O3S2/c1-2-38-14-24(35-15-38)27-13-22-28(44-27)26(9-10-34-22)42-25-8-5-18(11-21(25)33)37-29(40)20-12-23-31(43-16-36-23)39(30(20)41)19-6-3-17(32)4-7-19/h3-16H,2H2,1H3,(H,37,40). The summed E-state index contributed by atoms with van der Waals surface area (Å²) in [6.45, 7) is 2.83. The summed E-state index contributed by atoms with van der Waals surface area (Å²) in [7, 11) is 0. The van der Waals surface area contributed by atoms with Crippen molar-refractivity contribution >= 4 is 54.8 Å². The average molecular weight is 627 g/mol. The van der Waals surface area contributed by atoms with Crippen LogP contribution in [0.25, 0.3) is 36.8 Å². The van der Waals surface area contributed by atoms with Crippen molar-refractivity contribution in [2.75, 3.05) is 5.32 Å². The maximum atomic E-state index is 15.3. The second-order valence-corrected chi connectivity index (χ2v) is 11.5. The molecule has 0 unspecified atom stereocenters. The number of aryl methyl sites for hydroxylation is 1. The van der Waals surface area contributed by atoms with Gasteiger partial charge in [0.2, 0.25) is 0 Å². The fourth-order valence-electron chi connectivity index (χ4n) is 4.67. The van der Waals surface area contributed by atoms with Gasteiger partial charge in [0.25, 0.3) is 11.5 Å². The van der Waals surface area contributed by atoms with Crippen LogP contribution >= 0.6 is 22.7 Å². The minimum atomic E-state index is -0.749. The molecule has 7 aromatic rings. The van der Waals surface area contributed by atoms with E-state index in [1.165, 1.54) is 69.7 Å². The third kappa shape index (κ3) is 5.01. The zero-order valence-electron chi connectivity index (χ0n) is 22.8. The molecule has 0 saturated heterocycles. The van der Waals surface area contributed by atoms with E-state index in [0.29, 0.717) is 27.3 Å². The van der Waals surface area contributed by atoms with Crippen molar-refractivity contribution in [3.8, 4) is 27.8 Å². The number of nitrogens with one attached hydrogen (secondary N) is 1. The number of hydrogen-bond acceptors (Lipinski definition) is 8. The number of imidazole rings is 1. The number of fused-ring (bicyclic) bond motifs is 2. The summed E-state index contributed by atoms with van der Waals surface area (Å²) in [5.74, 6) is -1.55. The first-order valence-corrected chi connectivity index (χ1v) is 15.0. The highest BCUT2D eigenvalue weighted by molar-refractivity contribution is 7.22. The molecule has 0 fully saturated rings. The Labute approximate surface area is 255 Å². The van der Waals surface area contributed by atoms with Crippen molar-refractivity contribution < 1.29 is 18.3 Å². The van der Waals surface area contributed by atoms with Gasteiger partial charge in [-0.15, -0.1) is 22.7 Å². The second-order valence-electron chi connectivity index (χ2n) is 9.64. The zero-order chi connectivity index (χ0) is 30.4. The quantitative estimate of drug-likeness (QED) is 0.200. The second kappa shape index (κ2) is 11.1. The lowest BCUT2D eigenvalue weighted by Gasteiger charge is -2.12. The van der Waals surface area contributed by atoms with Gasteiger partial charge in [-0.1, -0.05) is 0 Å². The highest BCUT2D eigenvalue weighted by Gasteiger charge is 2.20. The van der Waals surface area contributed by atoms with Gasteiger partial charge in [0.1, 0.15) is 22.0 Å². The van der Waals surface area contributed by atoms with Crippen LogP contribution in [0, 0.1) is 11.6 Å². The van der Waals surface area contributed by atoms with Crippen molar-refractivity contribution in [2.45, 2.75) is 13.5 Å². The number of thiazole rings is 1. The van der Waals surface area contributed by atoms with Crippen molar-refractivity contribution in [2.24, 2.45) is 0 Å². The number of carbonyl (C=O) groups excluding carboxylic acids is 1. The van der Waals surface area contributed by atoms with E-state index in [0.717, 1.165) is 27.9 Å². The first kappa shape index (κ1) is 27.6. The van der Waals surface area contributed by atoms with E-state index in [9.17, 15) is 14.0 Å². The number of halogens is 2. The number of amides is 1. The molecular formula is C31H20F2N6O3S2. The maximum absolute atomic E-state index is 15.3. The summed E-state index contributed by atoms with van der Waals surface area (Å²) in [4.78, 5) is 41.2. The number of carbonyl (C=O) groups is 1. The summed E-state index contributed by atoms with van der Waals surface area (Å²) in [5, 5.41) is 2.58. The van der Waals surface area contributed by atoms with E-state index in [4.69, 9.17) is 4.74 Å². The van der Waals surface area contributed by atoms with Crippen LogP contribution in [0.1, 0.15) is 17.3 Å². The summed E-state index contributed by atoms with van der Waals surface area (Å²) in [5.41, 5.74) is 3.15. The largest absolute Gasteiger partial charge is 0.453 e. The van der Waals surface area contributed by atoms with Gasteiger partial charge in [0.15, 0.2) is 11.6 Å². The molecule has 0 aliphatic heterocycles. The molecule has 9 nitrogen and oxygen atoms in total. The van der Waals surface area contributed by atoms with Crippen LogP contribution in [-0.4, -0.2) is 30.0 Å². The normalized spacial score (nSPS) is 11.3. The Kier molecular flexibility index (Phi) is 6.95. The summed E-state index contributed by atoms with van der Waals surface area (Å²) < 4.78 is 38.7. The molecule has 7 rings (SSSR count). The summed E-state index contributed by atoms with van der Waals surface area (Å²) in [6.07, 6.45) is 5.30. The first-order chi connectivity index (χ1) is 21.4. The van der Waals surface area contributed by atoms with E-state index in [1.54, 1.807) is 24.1 Å². The molecule has 218 valence electrons. The lowest BCUT2D eigenvalue weighted by atomic mass is 10.2. The van der Waals surface area contributed by atoms with Crippen molar-refractivity contribution in [3.63, 3.8) is 0 Å². The fraction of sp³-hybridized carbons (Fsp3) is 0.0645. The number of anilines is 1. The Morgan fingerprint density at radius 3 is 2.59 bits per heavy atom. The molecule has 5 heterocycles. The molecule has 44 heavy (non-hydrogen) atoms. The minimum absolute atomic E-state index is 0.0525. The Morgan fingerprint density at radius 1 is 0.977 bits per heavy atom. The third-order valence-corrected chi connectivity index (χ3v) is 8.85. The Balaban J connectivity index is 1.15. The molecule has 1 amide bonds. The van der Waals surface area contributed by atoms with E-state index < -0.39 is 23.1 Å². The number of ether oxygens (including phenoxy) is 1. The number of nitrogens with zero attached hydrogens (tertiary/aromatic N) is 5. The number of aromatic nitrogens is 5. The van der Waals surface area contributed by atoms with Crippen LogP contribution in [-0.2, 0) is 6.54 Å². The molecule has 0 atom stereocenters. The van der Waals surface area contributed by atoms with Crippen LogP contribution in [0.3, 0.4) is 0 Å². The number of hydrogen-bond donors (Lipinski definition) is 1. The molecule has 5 aromatic heterocycles. The molecule has 0 bridgehead atoms. The van der Waals surface area contributed by atoms with Gasteiger partial charge in [-0.3, -0.25) is 19.1 Å². The van der Waals surface area contributed by atoms with Gasteiger partial charge in [-0.05, 0) is 55.5 Å². The smallest absolute Gasteiger partial charge is 0.269 e. The first-order valence-electron chi connectivity index (χ1n) is 13.3. The predicted octanol–water partition coefficient (Wildman–Crippen LogP) is 7.26. The lowest BCUT2D eigenvalue weighted by Crippen LogP contribution is -2.28. The van der Waals surface area contributed by atoms with Gasteiger partial charge in [-0.25, -0.2) is 18.7 Å². The van der Waals surface area contributed by atoms with Crippen LogP contribution < -0.4 is 15.6 Å². The SMILES string of the molecule is CCn1cnc(-c2cc3nccc(Oc4ccc(NC(=O)c5cc6ncsc6n(-c6ccc(F)cc6)c5=O)cc4F)c3s2)c1. The number of thiophene rings is 1. The van der Waals surface area contributed by atoms with Crippen LogP contribution in [0.5, 0.6) is 11.5 Å². The van der Waals surface area contributed by atoms with Crippen LogP contribution in [0.2, 0.25) is 0 Å². The molecule has 13 heteroatoms. The molecule has 1 N–H and O–H groups in total. The predicted molar refractivity (Wildman–Crippen MR) is 166 cm³/mol. The fourth-order valence-corrected chi connectivity index (χ4v) is 6.49. The average Bonchev–Trinajstić information content (AvgIpc) is 3.78. The number of pyridine rings is 2. The molecule has 2 aromatic carbocycles. The van der Waals surface area contributed by atoms with Crippen molar-refractivity contribution in [1.82, 2.24) is 24.1 Å². The third-order valence-electron chi connectivity index (χ3n) is 6.86. The van der Waals surface area contributed by atoms with Gasteiger partial charge in [0.05, 0.1) is 43.8 Å². The van der Waals surface area contributed by atoms with E-state index in [1.807, 2.05) is 23.8 Å². The Hall–Kier alpha value is -5.27. The zero-order valence-corrected chi connectivity index (χ0v) is 24.5. The maximum Gasteiger partial charge on any atom is 0.269 e. The van der Waals surface area contributed by atoms with E-state index in [2.05, 4.69) is 20.3 Å². The Bertz CT molecular complexity index is 2260.